The van der Waals surface area contributed by atoms with Crippen molar-refractivity contribution >= 4 is 87.2 Å². The van der Waals surface area contributed by atoms with Crippen LogP contribution in [0, 0.1) is 22.7 Å². The van der Waals surface area contributed by atoms with Crippen LogP contribution in [0.1, 0.15) is 11.1 Å². The predicted octanol–water partition coefficient (Wildman–Crippen LogP) is 13.1. The standard InChI is InChI=1S/C58H32N10/c59-29-35-25-45(57(67-49-15-7-3-11-39(49)43-19-23-63-33-55(43)67)51(27-35)65-47-13-5-1-9-37(47)41-17-21-61-31-53(41)65)46-26-36(30-60)28-52(66-48-14-6-2-10-38(48)42-18-22-62-32-54(42)66)58(46)68-50-16-8-4-12-40(50)44-20-24-64-34-56(44)68/h1-28,31-34H. The SMILES string of the molecule is N#Cc1cc(-c2cc(C#N)cc(-n3c4ccccc4c4ccncc43)c2-n2c3ccccc3c3ccncc32)c(-n2c3ccccc3c3ccncc32)c(-n2c3ccccc3c3ccncc32)c1. The van der Waals surface area contributed by atoms with Gasteiger partial charge in [0.05, 0.1) is 115 Å². The summed E-state index contributed by atoms with van der Waals surface area (Å²) in [4.78, 5) is 18.8. The zero-order valence-corrected chi connectivity index (χ0v) is 35.9. The quantitative estimate of drug-likeness (QED) is 0.170. The number of benzene rings is 6. The maximum Gasteiger partial charge on any atom is 0.0992 e. The molecule has 0 aliphatic heterocycles. The summed E-state index contributed by atoms with van der Waals surface area (Å²) < 4.78 is 9.01. The van der Waals surface area contributed by atoms with Gasteiger partial charge in [0.1, 0.15) is 0 Å². The average Bonchev–Trinajstić information content (AvgIpc) is 4.13. The van der Waals surface area contributed by atoms with Gasteiger partial charge in [0.25, 0.3) is 0 Å². The Bertz CT molecular complexity index is 4050. The van der Waals surface area contributed by atoms with Gasteiger partial charge in [0, 0.05) is 79.0 Å². The molecule has 0 bridgehead atoms. The van der Waals surface area contributed by atoms with Gasteiger partial charge in [0.15, 0.2) is 0 Å². The smallest absolute Gasteiger partial charge is 0.0992 e. The first-order valence-electron chi connectivity index (χ1n) is 22.2. The molecule has 0 unspecified atom stereocenters. The summed E-state index contributed by atoms with van der Waals surface area (Å²) >= 11 is 0. The number of aromatic nitrogens is 8. The van der Waals surface area contributed by atoms with Gasteiger partial charge in [-0.3, -0.25) is 19.9 Å². The molecule has 10 nitrogen and oxygen atoms in total. The highest BCUT2D eigenvalue weighted by Crippen LogP contribution is 2.48. The Morgan fingerprint density at radius 3 is 0.912 bits per heavy atom. The van der Waals surface area contributed by atoms with E-state index in [0.29, 0.717) is 11.1 Å². The third-order valence-corrected chi connectivity index (χ3v) is 13.6. The lowest BCUT2D eigenvalue weighted by atomic mass is 9.94. The molecule has 0 radical (unpaired) electrons. The highest BCUT2D eigenvalue weighted by Gasteiger charge is 2.29. The Balaban J connectivity index is 1.26. The second-order valence-electron chi connectivity index (χ2n) is 17.0. The van der Waals surface area contributed by atoms with Gasteiger partial charge in [-0.1, -0.05) is 72.8 Å². The van der Waals surface area contributed by atoms with E-state index in [4.69, 9.17) is 9.97 Å². The molecule has 314 valence electrons. The van der Waals surface area contributed by atoms with Gasteiger partial charge in [-0.05, 0) is 72.8 Å². The van der Waals surface area contributed by atoms with Crippen molar-refractivity contribution in [3.05, 3.63) is 206 Å². The number of hydrogen-bond donors (Lipinski definition) is 0. The number of fused-ring (bicyclic) bond motifs is 12. The molecule has 14 rings (SSSR count). The van der Waals surface area contributed by atoms with E-state index < -0.39 is 0 Å². The molecule has 0 saturated carbocycles. The summed E-state index contributed by atoms with van der Waals surface area (Å²) in [6.07, 6.45) is 14.9. The van der Waals surface area contributed by atoms with Crippen LogP contribution in [-0.2, 0) is 0 Å². The number of rotatable bonds is 5. The van der Waals surface area contributed by atoms with E-state index in [1.165, 1.54) is 0 Å². The molecule has 0 spiro atoms. The molecule has 68 heavy (non-hydrogen) atoms. The summed E-state index contributed by atoms with van der Waals surface area (Å²) in [5, 5.41) is 30.8. The van der Waals surface area contributed by atoms with Crippen LogP contribution in [0.15, 0.2) is 195 Å². The molecule has 0 fully saturated rings. The van der Waals surface area contributed by atoms with Crippen LogP contribution < -0.4 is 0 Å². The van der Waals surface area contributed by atoms with E-state index in [-0.39, 0.29) is 0 Å². The maximum absolute atomic E-state index is 11.2. The van der Waals surface area contributed by atoms with Gasteiger partial charge < -0.3 is 18.3 Å². The third-order valence-electron chi connectivity index (χ3n) is 13.6. The van der Waals surface area contributed by atoms with E-state index in [1.807, 2.05) is 98.1 Å². The van der Waals surface area contributed by atoms with Crippen molar-refractivity contribution in [3.63, 3.8) is 0 Å². The normalized spacial score (nSPS) is 11.8. The fourth-order valence-electron chi connectivity index (χ4n) is 10.9. The Morgan fingerprint density at radius 1 is 0.309 bits per heavy atom. The first-order valence-corrected chi connectivity index (χ1v) is 22.2. The topological polar surface area (TPSA) is 119 Å². The molecule has 8 aromatic heterocycles. The van der Waals surface area contributed by atoms with Crippen LogP contribution in [0.25, 0.3) is 121 Å². The average molecular weight is 869 g/mol. The largest absolute Gasteiger partial charge is 0.306 e. The van der Waals surface area contributed by atoms with Crippen molar-refractivity contribution in [1.82, 2.24) is 38.2 Å². The van der Waals surface area contributed by atoms with Crippen LogP contribution in [-0.4, -0.2) is 38.2 Å². The molecule has 0 aliphatic rings. The van der Waals surface area contributed by atoms with Gasteiger partial charge in [0.2, 0.25) is 0 Å². The highest BCUT2D eigenvalue weighted by molar-refractivity contribution is 6.15. The van der Waals surface area contributed by atoms with Crippen LogP contribution >= 0.6 is 0 Å². The van der Waals surface area contributed by atoms with E-state index in [1.54, 1.807) is 0 Å². The van der Waals surface area contributed by atoms with Crippen LogP contribution in [0.4, 0.5) is 0 Å². The van der Waals surface area contributed by atoms with E-state index in [2.05, 4.69) is 137 Å². The molecule has 14 aromatic rings. The summed E-state index contributed by atoms with van der Waals surface area (Å²) in [5.41, 5.74) is 12.8. The molecule has 8 heterocycles. The van der Waals surface area contributed by atoms with Crippen LogP contribution in [0.2, 0.25) is 0 Å². The Morgan fingerprint density at radius 2 is 0.588 bits per heavy atom. The van der Waals surface area contributed by atoms with E-state index in [0.717, 1.165) is 121 Å². The second-order valence-corrected chi connectivity index (χ2v) is 17.0. The molecule has 0 saturated heterocycles. The van der Waals surface area contributed by atoms with Crippen molar-refractivity contribution < 1.29 is 0 Å². The van der Waals surface area contributed by atoms with Crippen molar-refractivity contribution in [2.45, 2.75) is 0 Å². The minimum Gasteiger partial charge on any atom is -0.306 e. The van der Waals surface area contributed by atoms with E-state index in [9.17, 15) is 10.5 Å². The van der Waals surface area contributed by atoms with E-state index >= 15 is 0 Å². The highest BCUT2D eigenvalue weighted by atomic mass is 15.1. The van der Waals surface area contributed by atoms with Gasteiger partial charge in [-0.15, -0.1) is 0 Å². The molecule has 0 amide bonds. The molecule has 0 N–H and O–H groups in total. The molecular weight excluding hydrogens is 837 g/mol. The fraction of sp³-hybridized carbons (Fsp3) is 0. The molecule has 10 heteroatoms. The second kappa shape index (κ2) is 14.3. The Hall–Kier alpha value is -9.90. The summed E-state index contributed by atoms with van der Waals surface area (Å²) in [6.45, 7) is 0. The lowest BCUT2D eigenvalue weighted by Crippen LogP contribution is -2.10. The molecular formula is C58H32N10. The van der Waals surface area contributed by atoms with Gasteiger partial charge >= 0.3 is 0 Å². The number of para-hydroxylation sites is 4. The first kappa shape index (κ1) is 37.5. The number of nitrogens with zero attached hydrogens (tertiary/aromatic N) is 10. The molecule has 0 atom stereocenters. The monoisotopic (exact) mass is 868 g/mol. The zero-order valence-electron chi connectivity index (χ0n) is 35.9. The number of hydrogen-bond acceptors (Lipinski definition) is 6. The fourth-order valence-corrected chi connectivity index (χ4v) is 10.9. The lowest BCUT2D eigenvalue weighted by molar-refractivity contribution is 1.07. The zero-order chi connectivity index (χ0) is 45.0. The Kier molecular flexibility index (Phi) is 7.88. The summed E-state index contributed by atoms with van der Waals surface area (Å²) in [6, 6.07) is 54.7. The van der Waals surface area contributed by atoms with Crippen molar-refractivity contribution in [2.24, 2.45) is 0 Å². The van der Waals surface area contributed by atoms with Crippen molar-refractivity contribution in [2.75, 3.05) is 0 Å². The minimum absolute atomic E-state index is 0.437. The molecule has 0 aliphatic carbocycles. The van der Waals surface area contributed by atoms with Gasteiger partial charge in [-0.25, -0.2) is 0 Å². The molecule has 6 aromatic carbocycles. The predicted molar refractivity (Wildman–Crippen MR) is 270 cm³/mol. The maximum atomic E-state index is 11.2. The first-order chi connectivity index (χ1) is 33.7. The summed E-state index contributed by atoms with van der Waals surface area (Å²) in [7, 11) is 0. The van der Waals surface area contributed by atoms with Crippen molar-refractivity contribution in [3.8, 4) is 46.0 Å². The summed E-state index contributed by atoms with van der Waals surface area (Å²) in [5.74, 6) is 0. The van der Waals surface area contributed by atoms with Gasteiger partial charge in [-0.2, -0.15) is 10.5 Å². The minimum atomic E-state index is 0.437. The lowest BCUT2D eigenvalue weighted by Gasteiger charge is -2.25. The van der Waals surface area contributed by atoms with Crippen LogP contribution in [0.5, 0.6) is 0 Å². The van der Waals surface area contributed by atoms with Crippen LogP contribution in [0.3, 0.4) is 0 Å². The number of nitriles is 2. The number of pyridine rings is 4. The third kappa shape index (κ3) is 5.14. The van der Waals surface area contributed by atoms with Crippen molar-refractivity contribution in [1.29, 1.82) is 10.5 Å². The Labute approximate surface area is 386 Å².